The third-order valence-corrected chi connectivity index (χ3v) is 8.67. The number of hydrogen-bond donors (Lipinski definition) is 1. The van der Waals surface area contributed by atoms with Crippen LogP contribution in [0.4, 0.5) is 11.4 Å². The number of fused-ring (bicyclic) bond motifs is 1. The Morgan fingerprint density at radius 3 is 2.28 bits per heavy atom. The van der Waals surface area contributed by atoms with E-state index in [0.29, 0.717) is 16.8 Å². The second-order valence-corrected chi connectivity index (χ2v) is 11.5. The van der Waals surface area contributed by atoms with E-state index in [1.54, 1.807) is 42.5 Å². The lowest BCUT2D eigenvalue weighted by atomic mass is 10.1. The van der Waals surface area contributed by atoms with Crippen LogP contribution in [0.25, 0.3) is 16.5 Å². The van der Waals surface area contributed by atoms with Crippen molar-refractivity contribution in [3.05, 3.63) is 114 Å². The lowest BCUT2D eigenvalue weighted by Gasteiger charge is -2.27. The Labute approximate surface area is 228 Å². The molecule has 1 aromatic heterocycles. The summed E-state index contributed by atoms with van der Waals surface area (Å²) in [4.78, 5) is 13.5. The number of hydrogen-bond acceptors (Lipinski definition) is 4. The number of rotatable bonds is 7. The van der Waals surface area contributed by atoms with Crippen LogP contribution >= 0.6 is 0 Å². The molecule has 0 aliphatic carbocycles. The minimum absolute atomic E-state index is 0.156. The smallest absolute Gasteiger partial charge is 0.265 e. The monoisotopic (exact) mass is 538 g/mol. The first-order chi connectivity index (χ1) is 18.6. The molecule has 0 bridgehead atoms. The summed E-state index contributed by atoms with van der Waals surface area (Å²) in [5, 5.41) is 8.77. The molecule has 0 aliphatic rings. The van der Waals surface area contributed by atoms with Crippen LogP contribution in [0.15, 0.2) is 95.9 Å². The van der Waals surface area contributed by atoms with Gasteiger partial charge in [0.1, 0.15) is 6.54 Å². The summed E-state index contributed by atoms with van der Waals surface area (Å²) in [5.74, 6) is -0.446. The van der Waals surface area contributed by atoms with Gasteiger partial charge in [-0.2, -0.15) is 5.10 Å². The maximum atomic E-state index is 14.2. The minimum atomic E-state index is -4.09. The highest BCUT2D eigenvalue weighted by molar-refractivity contribution is 7.93. The van der Waals surface area contributed by atoms with Gasteiger partial charge in [0.25, 0.3) is 10.0 Å². The van der Waals surface area contributed by atoms with E-state index >= 15 is 0 Å². The molecule has 0 radical (unpaired) electrons. The van der Waals surface area contributed by atoms with Gasteiger partial charge in [-0.25, -0.2) is 13.1 Å². The molecule has 0 spiro atoms. The Balaban J connectivity index is 1.48. The average Bonchev–Trinajstić information content (AvgIpc) is 3.26. The van der Waals surface area contributed by atoms with E-state index in [4.69, 9.17) is 0 Å². The molecule has 198 valence electrons. The molecule has 0 saturated carbocycles. The largest absolute Gasteiger partial charge is 0.325 e. The molecule has 0 saturated heterocycles. The van der Waals surface area contributed by atoms with Crippen LogP contribution in [0.3, 0.4) is 0 Å². The maximum Gasteiger partial charge on any atom is 0.265 e. The third-order valence-electron chi connectivity index (χ3n) is 6.85. The number of aromatic nitrogens is 2. The minimum Gasteiger partial charge on any atom is -0.325 e. The molecule has 5 aromatic rings. The van der Waals surface area contributed by atoms with Crippen LogP contribution in [0, 0.1) is 27.7 Å². The number of carbonyl (C=O) groups is 1. The third kappa shape index (κ3) is 5.15. The highest BCUT2D eigenvalue weighted by atomic mass is 32.2. The van der Waals surface area contributed by atoms with Crippen molar-refractivity contribution >= 4 is 38.1 Å². The Bertz CT molecular complexity index is 1790. The van der Waals surface area contributed by atoms with E-state index in [0.717, 1.165) is 33.6 Å². The predicted molar refractivity (Wildman–Crippen MR) is 156 cm³/mol. The molecule has 39 heavy (non-hydrogen) atoms. The first kappa shape index (κ1) is 26.2. The van der Waals surface area contributed by atoms with Crippen LogP contribution < -0.4 is 9.62 Å². The molecular weight excluding hydrogens is 508 g/mol. The zero-order valence-electron chi connectivity index (χ0n) is 22.3. The standard InChI is InChI=1S/C31H30N4O3S/c1-21-9-7-13-29(24(21)4)34(39(37,38)30-14-8-11-25-10-5-6-12-28(25)30)20-31(36)32-26-15-17-27(18-16-26)35-23(3)19-22(2)33-35/h5-19H,20H2,1-4H3,(H,32,36). The van der Waals surface area contributed by atoms with Crippen molar-refractivity contribution in [2.45, 2.75) is 32.6 Å². The number of aryl methyl sites for hydroxylation is 3. The van der Waals surface area contributed by atoms with Gasteiger partial charge in [-0.3, -0.25) is 9.10 Å². The van der Waals surface area contributed by atoms with Crippen LogP contribution in [-0.4, -0.2) is 30.7 Å². The molecule has 4 aromatic carbocycles. The normalized spacial score (nSPS) is 11.5. The Morgan fingerprint density at radius 1 is 0.872 bits per heavy atom. The van der Waals surface area contributed by atoms with Gasteiger partial charge in [-0.05, 0) is 86.7 Å². The number of sulfonamides is 1. The molecule has 1 amide bonds. The predicted octanol–water partition coefficient (Wildman–Crippen LogP) is 6.09. The molecule has 1 N–H and O–H groups in total. The van der Waals surface area contributed by atoms with Crippen LogP contribution in [0.2, 0.25) is 0 Å². The number of amides is 1. The topological polar surface area (TPSA) is 84.3 Å². The van der Waals surface area contributed by atoms with Gasteiger partial charge in [0.2, 0.25) is 5.91 Å². The van der Waals surface area contributed by atoms with Gasteiger partial charge in [-0.15, -0.1) is 0 Å². The number of carbonyl (C=O) groups excluding carboxylic acids is 1. The second kappa shape index (κ2) is 10.4. The van der Waals surface area contributed by atoms with Crippen molar-refractivity contribution in [1.29, 1.82) is 0 Å². The Kier molecular flexibility index (Phi) is 6.97. The summed E-state index contributed by atoms with van der Waals surface area (Å²) in [6.07, 6.45) is 0. The fraction of sp³-hybridized carbons (Fsp3) is 0.161. The number of nitrogens with zero attached hydrogens (tertiary/aromatic N) is 3. The van der Waals surface area contributed by atoms with E-state index in [1.165, 1.54) is 4.31 Å². The lowest BCUT2D eigenvalue weighted by Crippen LogP contribution is -2.38. The second-order valence-electron chi connectivity index (χ2n) is 9.64. The van der Waals surface area contributed by atoms with Crippen molar-refractivity contribution in [3.8, 4) is 5.69 Å². The molecule has 1 heterocycles. The summed E-state index contributed by atoms with van der Waals surface area (Å²) in [6.45, 7) is 7.33. The fourth-order valence-electron chi connectivity index (χ4n) is 4.75. The zero-order chi connectivity index (χ0) is 27.7. The first-order valence-corrected chi connectivity index (χ1v) is 14.1. The molecule has 8 heteroatoms. The van der Waals surface area contributed by atoms with E-state index < -0.39 is 15.9 Å². The summed E-state index contributed by atoms with van der Waals surface area (Å²) in [7, 11) is -4.09. The molecule has 0 atom stereocenters. The zero-order valence-corrected chi connectivity index (χ0v) is 23.2. The van der Waals surface area contributed by atoms with Crippen molar-refractivity contribution in [3.63, 3.8) is 0 Å². The van der Waals surface area contributed by atoms with E-state index in [9.17, 15) is 13.2 Å². The molecule has 0 fully saturated rings. The molecule has 5 rings (SSSR count). The summed E-state index contributed by atoms with van der Waals surface area (Å²) in [6, 6.07) is 27.3. The van der Waals surface area contributed by atoms with Crippen molar-refractivity contribution in [1.82, 2.24) is 9.78 Å². The van der Waals surface area contributed by atoms with Crippen LogP contribution in [0.1, 0.15) is 22.5 Å². The van der Waals surface area contributed by atoms with Crippen LogP contribution in [0.5, 0.6) is 0 Å². The fourth-order valence-corrected chi connectivity index (χ4v) is 6.45. The Hall–Kier alpha value is -4.43. The molecule has 0 unspecified atom stereocenters. The van der Waals surface area contributed by atoms with Gasteiger partial charge < -0.3 is 5.32 Å². The first-order valence-electron chi connectivity index (χ1n) is 12.7. The van der Waals surface area contributed by atoms with Crippen LogP contribution in [-0.2, 0) is 14.8 Å². The van der Waals surface area contributed by atoms with Gasteiger partial charge in [0.15, 0.2) is 0 Å². The highest BCUT2D eigenvalue weighted by Crippen LogP contribution is 2.32. The van der Waals surface area contributed by atoms with Gasteiger partial charge in [0, 0.05) is 16.8 Å². The Morgan fingerprint density at radius 2 is 1.56 bits per heavy atom. The van der Waals surface area contributed by atoms with Gasteiger partial charge in [0.05, 0.1) is 22.0 Å². The summed E-state index contributed by atoms with van der Waals surface area (Å²) >= 11 is 0. The van der Waals surface area contributed by atoms with Gasteiger partial charge >= 0.3 is 0 Å². The van der Waals surface area contributed by atoms with E-state index in [1.807, 2.05) is 80.9 Å². The van der Waals surface area contributed by atoms with Crippen molar-refractivity contribution in [2.75, 3.05) is 16.2 Å². The molecule has 0 aliphatic heterocycles. The number of benzene rings is 4. The van der Waals surface area contributed by atoms with Crippen molar-refractivity contribution in [2.24, 2.45) is 0 Å². The molecule has 7 nitrogen and oxygen atoms in total. The summed E-state index contributed by atoms with van der Waals surface area (Å²) < 4.78 is 31.4. The molecular formula is C31H30N4O3S. The quantitative estimate of drug-likeness (QED) is 0.272. The number of anilines is 2. The number of nitrogens with one attached hydrogen (secondary N) is 1. The SMILES string of the molecule is Cc1cc(C)n(-c2ccc(NC(=O)CN(c3cccc(C)c3C)S(=O)(=O)c3cccc4ccccc34)cc2)n1. The average molecular weight is 539 g/mol. The van der Waals surface area contributed by atoms with Crippen molar-refractivity contribution < 1.29 is 13.2 Å². The highest BCUT2D eigenvalue weighted by Gasteiger charge is 2.30. The van der Waals surface area contributed by atoms with E-state index in [-0.39, 0.29) is 11.4 Å². The summed E-state index contributed by atoms with van der Waals surface area (Å²) in [5.41, 5.74) is 5.56. The van der Waals surface area contributed by atoms with E-state index in [2.05, 4.69) is 10.4 Å². The lowest BCUT2D eigenvalue weighted by molar-refractivity contribution is -0.114. The van der Waals surface area contributed by atoms with Gasteiger partial charge in [-0.1, -0.05) is 48.5 Å². The maximum absolute atomic E-state index is 14.2.